The van der Waals surface area contributed by atoms with E-state index in [0.29, 0.717) is 11.3 Å². The van der Waals surface area contributed by atoms with Crippen LogP contribution >= 0.6 is 0 Å². The number of nitrogens with zero attached hydrogens (tertiary/aromatic N) is 4. The standard InChI is InChI=1S/C44H35F6N5O6/c45-43(46,47)33-2-1-3-34(23-33)53-18-20-54(21-19-53)39-25-41(61-36-11-8-29(9-12-36)30-14-16-51-17-15-30)38(24-37(39)44(48,49)50)52-26-32-22-35(55(58)59)10-13-40(32)60-27-28-4-6-31(7-5-28)42(56)57/h1-17,22-25,52H,18-21,26-27H2,(H,56,57). The highest BCUT2D eigenvalue weighted by molar-refractivity contribution is 5.87. The molecule has 61 heavy (non-hydrogen) atoms. The van der Waals surface area contributed by atoms with Gasteiger partial charge in [-0.15, -0.1) is 0 Å². The fraction of sp³-hybridized carbons (Fsp3) is 0.182. The summed E-state index contributed by atoms with van der Waals surface area (Å²) < 4.78 is 97.6. The van der Waals surface area contributed by atoms with Gasteiger partial charge in [-0.05, 0) is 83.4 Å². The number of nitrogens with one attached hydrogen (secondary N) is 1. The highest BCUT2D eigenvalue weighted by Gasteiger charge is 2.37. The SMILES string of the molecule is O=C(O)c1ccc(COc2ccc([N+](=O)[O-])cc2CNc2cc(C(F)(F)F)c(N3CCN(c4cccc(C(F)(F)F)c4)CC3)cc2Oc2ccc(-c3ccncc3)cc2)cc1. The van der Waals surface area contributed by atoms with Crippen molar-refractivity contribution in [3.63, 3.8) is 0 Å². The predicted octanol–water partition coefficient (Wildman–Crippen LogP) is 10.7. The van der Waals surface area contributed by atoms with Crippen molar-refractivity contribution in [1.29, 1.82) is 0 Å². The zero-order chi connectivity index (χ0) is 43.3. The molecule has 1 fully saturated rings. The van der Waals surface area contributed by atoms with Crippen LogP contribution in [0.15, 0.2) is 128 Å². The van der Waals surface area contributed by atoms with Crippen LogP contribution in [0.3, 0.4) is 0 Å². The number of pyridine rings is 1. The van der Waals surface area contributed by atoms with Crippen molar-refractivity contribution in [2.45, 2.75) is 25.5 Å². The first-order valence-electron chi connectivity index (χ1n) is 18.7. The molecule has 5 aromatic carbocycles. The van der Waals surface area contributed by atoms with E-state index in [9.17, 15) is 33.2 Å². The average Bonchev–Trinajstić information content (AvgIpc) is 3.25. The zero-order valence-electron chi connectivity index (χ0n) is 31.9. The first-order valence-corrected chi connectivity index (χ1v) is 18.7. The maximum absolute atomic E-state index is 15.0. The summed E-state index contributed by atoms with van der Waals surface area (Å²) in [7, 11) is 0. The maximum atomic E-state index is 15.0. The van der Waals surface area contributed by atoms with Crippen LogP contribution in [0.25, 0.3) is 11.1 Å². The minimum absolute atomic E-state index is 0.00797. The number of alkyl halides is 6. The van der Waals surface area contributed by atoms with Crippen molar-refractivity contribution in [1.82, 2.24) is 4.98 Å². The number of anilines is 3. The van der Waals surface area contributed by atoms with E-state index in [-0.39, 0.29) is 84.8 Å². The van der Waals surface area contributed by atoms with E-state index in [4.69, 9.17) is 9.47 Å². The number of carbonyl (C=O) groups is 1. The molecule has 1 saturated heterocycles. The van der Waals surface area contributed by atoms with Gasteiger partial charge in [0.2, 0.25) is 0 Å². The van der Waals surface area contributed by atoms with Crippen LogP contribution in [-0.4, -0.2) is 47.2 Å². The number of halogens is 6. The van der Waals surface area contributed by atoms with Crippen LogP contribution in [0.2, 0.25) is 0 Å². The number of hydrogen-bond acceptors (Lipinski definition) is 9. The Kier molecular flexibility index (Phi) is 12.0. The highest BCUT2D eigenvalue weighted by Crippen LogP contribution is 2.45. The van der Waals surface area contributed by atoms with Gasteiger partial charge in [0.05, 0.1) is 33.0 Å². The fourth-order valence-corrected chi connectivity index (χ4v) is 6.81. The van der Waals surface area contributed by atoms with Gasteiger partial charge >= 0.3 is 18.3 Å². The van der Waals surface area contributed by atoms with Crippen LogP contribution in [0.4, 0.5) is 49.1 Å². The normalized spacial score (nSPS) is 13.1. The number of ether oxygens (including phenoxy) is 2. The average molecular weight is 844 g/mol. The van der Waals surface area contributed by atoms with E-state index in [1.807, 2.05) is 12.1 Å². The Balaban J connectivity index is 1.20. The number of aromatic nitrogens is 1. The molecule has 6 aromatic rings. The van der Waals surface area contributed by atoms with E-state index < -0.39 is 34.4 Å². The van der Waals surface area contributed by atoms with Gasteiger partial charge in [-0.2, -0.15) is 26.3 Å². The Hall–Kier alpha value is -7.30. The molecular formula is C44H35F6N5O6. The van der Waals surface area contributed by atoms with Crippen LogP contribution in [0.5, 0.6) is 17.2 Å². The minimum Gasteiger partial charge on any atom is -0.489 e. The lowest BCUT2D eigenvalue weighted by Crippen LogP contribution is -2.47. The molecule has 0 unspecified atom stereocenters. The van der Waals surface area contributed by atoms with Crippen molar-refractivity contribution >= 4 is 28.7 Å². The zero-order valence-corrected chi connectivity index (χ0v) is 31.9. The third kappa shape index (κ3) is 10.1. The molecule has 0 atom stereocenters. The Bertz CT molecular complexity index is 2510. The summed E-state index contributed by atoms with van der Waals surface area (Å²) in [5.41, 5.74) is 0.436. The summed E-state index contributed by atoms with van der Waals surface area (Å²) in [5.74, 6) is -0.652. The Labute approximate surface area is 344 Å². The molecule has 1 aliphatic heterocycles. The predicted molar refractivity (Wildman–Crippen MR) is 215 cm³/mol. The van der Waals surface area contributed by atoms with Gasteiger partial charge in [0.1, 0.15) is 18.1 Å². The lowest BCUT2D eigenvalue weighted by atomic mass is 10.1. The van der Waals surface area contributed by atoms with Gasteiger partial charge < -0.3 is 29.7 Å². The van der Waals surface area contributed by atoms with Gasteiger partial charge in [0, 0.05) is 74.6 Å². The summed E-state index contributed by atoms with van der Waals surface area (Å²) >= 11 is 0. The number of nitro groups is 1. The van der Waals surface area contributed by atoms with E-state index in [1.54, 1.807) is 53.7 Å². The number of piperazine rings is 1. The summed E-state index contributed by atoms with van der Waals surface area (Å²) in [6.07, 6.45) is -6.16. The molecule has 0 saturated carbocycles. The van der Waals surface area contributed by atoms with E-state index in [1.165, 1.54) is 53.4 Å². The minimum atomic E-state index is -4.87. The van der Waals surface area contributed by atoms with Crippen molar-refractivity contribution in [2.75, 3.05) is 41.3 Å². The van der Waals surface area contributed by atoms with Crippen molar-refractivity contribution in [2.24, 2.45) is 0 Å². The first-order chi connectivity index (χ1) is 29.1. The number of carboxylic acids is 1. The Morgan fingerprint density at radius 2 is 1.44 bits per heavy atom. The van der Waals surface area contributed by atoms with Crippen molar-refractivity contribution in [3.05, 3.63) is 166 Å². The second-order valence-electron chi connectivity index (χ2n) is 13.9. The van der Waals surface area contributed by atoms with Gasteiger partial charge in [-0.3, -0.25) is 15.1 Å². The first kappa shape index (κ1) is 41.8. The fourth-order valence-electron chi connectivity index (χ4n) is 6.81. The van der Waals surface area contributed by atoms with E-state index in [2.05, 4.69) is 10.3 Å². The number of carboxylic acid groups (broad SMARTS) is 1. The number of nitro benzene ring substituents is 1. The molecule has 0 spiro atoms. The number of aromatic carboxylic acids is 1. The molecule has 314 valence electrons. The molecule has 1 aliphatic rings. The smallest absolute Gasteiger partial charge is 0.418 e. The summed E-state index contributed by atoms with van der Waals surface area (Å²) in [6, 6.07) is 27.1. The topological polar surface area (TPSA) is 130 Å². The van der Waals surface area contributed by atoms with Gasteiger partial charge in [-0.1, -0.05) is 30.3 Å². The van der Waals surface area contributed by atoms with Crippen LogP contribution < -0.4 is 24.6 Å². The molecule has 0 radical (unpaired) electrons. The van der Waals surface area contributed by atoms with Crippen LogP contribution in [-0.2, 0) is 25.5 Å². The summed E-state index contributed by atoms with van der Waals surface area (Å²) in [5, 5.41) is 24.0. The lowest BCUT2D eigenvalue weighted by Gasteiger charge is -2.38. The van der Waals surface area contributed by atoms with Crippen LogP contribution in [0, 0.1) is 10.1 Å². The molecule has 17 heteroatoms. The maximum Gasteiger partial charge on any atom is 0.418 e. The number of benzene rings is 5. The molecule has 2 N–H and O–H groups in total. The number of hydrogen-bond donors (Lipinski definition) is 2. The number of rotatable bonds is 13. The summed E-state index contributed by atoms with van der Waals surface area (Å²) in [4.78, 5) is 29.6. The third-order valence-corrected chi connectivity index (χ3v) is 9.98. The Morgan fingerprint density at radius 1 is 0.770 bits per heavy atom. The molecule has 0 aliphatic carbocycles. The van der Waals surface area contributed by atoms with E-state index >= 15 is 13.2 Å². The molecule has 2 heterocycles. The molecule has 0 amide bonds. The molecule has 11 nitrogen and oxygen atoms in total. The Morgan fingerprint density at radius 3 is 2.08 bits per heavy atom. The second kappa shape index (κ2) is 17.5. The van der Waals surface area contributed by atoms with Gasteiger partial charge in [-0.25, -0.2) is 4.79 Å². The van der Waals surface area contributed by atoms with Gasteiger partial charge in [0.15, 0.2) is 5.75 Å². The van der Waals surface area contributed by atoms with E-state index in [0.717, 1.165) is 29.3 Å². The summed E-state index contributed by atoms with van der Waals surface area (Å²) in [6.45, 7) is 0.0371. The van der Waals surface area contributed by atoms with Crippen molar-refractivity contribution < 1.29 is 50.6 Å². The molecule has 0 bridgehead atoms. The largest absolute Gasteiger partial charge is 0.489 e. The van der Waals surface area contributed by atoms with Crippen LogP contribution in [0.1, 0.15) is 32.6 Å². The molecule has 1 aromatic heterocycles. The third-order valence-electron chi connectivity index (χ3n) is 9.98. The monoisotopic (exact) mass is 843 g/mol. The second-order valence-corrected chi connectivity index (χ2v) is 13.9. The quantitative estimate of drug-likeness (QED) is 0.0658. The lowest BCUT2D eigenvalue weighted by molar-refractivity contribution is -0.384. The molecule has 7 rings (SSSR count). The molecular weight excluding hydrogens is 809 g/mol. The highest BCUT2D eigenvalue weighted by atomic mass is 19.4. The van der Waals surface area contributed by atoms with Crippen molar-refractivity contribution in [3.8, 4) is 28.4 Å². The number of non-ortho nitro benzene ring substituents is 1. The van der Waals surface area contributed by atoms with Gasteiger partial charge in [0.25, 0.3) is 5.69 Å².